The van der Waals surface area contributed by atoms with Gasteiger partial charge in [0.05, 0.1) is 50.5 Å². The molecule has 7 atom stereocenters. The summed E-state index contributed by atoms with van der Waals surface area (Å²) in [5, 5.41) is 7.78. The van der Waals surface area contributed by atoms with Gasteiger partial charge in [-0.25, -0.2) is 14.6 Å². The Hall–Kier alpha value is -5.96. The van der Waals surface area contributed by atoms with Crippen molar-refractivity contribution in [2.45, 2.75) is 122 Å². The lowest BCUT2D eigenvalue weighted by molar-refractivity contribution is -0.141. The molecule has 0 spiro atoms. The second kappa shape index (κ2) is 17.2. The Balaban J connectivity index is 0.938. The highest BCUT2D eigenvalue weighted by molar-refractivity contribution is 6.07. The summed E-state index contributed by atoms with van der Waals surface area (Å²) in [6.45, 7) is 11.4. The molecule has 9 rings (SSSR count). The first-order valence-electron chi connectivity index (χ1n) is 22.7. The standard InChI is InChI=1S/C49H59N7O8/c1-26(2)42(53-47(59)61-6)45(57)56-28(4)10-16-40(56)44-50-23-38(52-44)30-11-13-32-31(19-30)24-64-41-22-33-29(20-35(32)41)12-14-36-34(33)21-37(51-36)39-15-9-27(3)55(39)46(58)43(54-48(60)62-7)49(5)17-8-18-63-25-49/h11-14,19-20,22-23,26-28,39-40,42-43H,8-10,15-18,21,24-25H2,1-7H3,(H,50,52)(H,53,59)(H,54,60)/t27-,28-,39-,40-,42-,43+,49?/m0/s1. The number of nitrogens with one attached hydrogen (secondary N) is 3. The highest BCUT2D eigenvalue weighted by atomic mass is 16.5. The number of aliphatic imine (C=N–C) groups is 1. The van der Waals surface area contributed by atoms with Gasteiger partial charge in [-0.2, -0.15) is 0 Å². The van der Waals surface area contributed by atoms with Crippen molar-refractivity contribution >= 4 is 46.2 Å². The van der Waals surface area contributed by atoms with Crippen molar-refractivity contribution in [1.82, 2.24) is 30.4 Å². The van der Waals surface area contributed by atoms with Crippen molar-refractivity contribution < 1.29 is 38.1 Å². The molecule has 1 aromatic heterocycles. The number of alkyl carbamates (subject to hydrolysis) is 2. The maximum absolute atomic E-state index is 14.6. The number of carbonyl (C=O) groups excluding carboxylic acids is 4. The molecule has 0 saturated carbocycles. The third-order valence-corrected chi connectivity index (χ3v) is 14.3. The molecule has 338 valence electrons. The number of methoxy groups -OCH3 is 2. The van der Waals surface area contributed by atoms with Crippen LogP contribution in [0, 0.1) is 11.3 Å². The molecule has 3 fully saturated rings. The minimum atomic E-state index is -0.793. The van der Waals surface area contributed by atoms with Crippen LogP contribution in [-0.2, 0) is 36.8 Å². The smallest absolute Gasteiger partial charge is 0.407 e. The van der Waals surface area contributed by atoms with Gasteiger partial charge in [-0.15, -0.1) is 0 Å². The Morgan fingerprint density at radius 3 is 2.34 bits per heavy atom. The Morgan fingerprint density at radius 1 is 0.891 bits per heavy atom. The highest BCUT2D eigenvalue weighted by Gasteiger charge is 2.49. The molecule has 15 nitrogen and oxygen atoms in total. The number of benzene rings is 3. The van der Waals surface area contributed by atoms with Crippen LogP contribution in [0.15, 0.2) is 53.7 Å². The predicted octanol–water partition coefficient (Wildman–Crippen LogP) is 7.77. The van der Waals surface area contributed by atoms with Gasteiger partial charge >= 0.3 is 12.2 Å². The lowest BCUT2D eigenvalue weighted by Crippen LogP contribution is -2.61. The third kappa shape index (κ3) is 7.75. The SMILES string of the molecule is COC(=O)N[C@H](C(=O)N1[C@@H](C)CC[C@H]1c1ncc(-c2ccc3c(c2)COc2cc4c5c(ccc4cc2-3)N=C([C@@H]2CC[C@H](C)N2C(=O)[C@@H](NC(=O)OC)C2(C)CCCOC2)C5)[nH]1)C(C)C. The summed E-state index contributed by atoms with van der Waals surface area (Å²) in [4.78, 5) is 70.5. The van der Waals surface area contributed by atoms with Gasteiger partial charge in [0.2, 0.25) is 11.8 Å². The van der Waals surface area contributed by atoms with E-state index in [-0.39, 0.29) is 41.9 Å². The van der Waals surface area contributed by atoms with Crippen molar-refractivity contribution in [3.8, 4) is 28.1 Å². The number of ether oxygens (including phenoxy) is 4. The van der Waals surface area contributed by atoms with Crippen LogP contribution < -0.4 is 15.4 Å². The normalized spacial score (nSPS) is 24.6. The first-order valence-corrected chi connectivity index (χ1v) is 22.7. The number of rotatable bonds is 9. The van der Waals surface area contributed by atoms with Crippen LogP contribution in [0.4, 0.5) is 15.3 Å². The van der Waals surface area contributed by atoms with Crippen LogP contribution in [0.1, 0.15) is 96.1 Å². The minimum absolute atomic E-state index is 0.0152. The van der Waals surface area contributed by atoms with Crippen LogP contribution >= 0.6 is 0 Å². The van der Waals surface area contributed by atoms with Gasteiger partial charge in [0.25, 0.3) is 0 Å². The number of likely N-dealkylation sites (tertiary alicyclic amines) is 2. The number of amides is 4. The van der Waals surface area contributed by atoms with Crippen LogP contribution in [0.3, 0.4) is 0 Å². The lowest BCUT2D eigenvalue weighted by Gasteiger charge is -2.42. The molecule has 1 unspecified atom stereocenters. The number of hydrogen-bond acceptors (Lipinski definition) is 10. The third-order valence-electron chi connectivity index (χ3n) is 14.3. The predicted molar refractivity (Wildman–Crippen MR) is 241 cm³/mol. The van der Waals surface area contributed by atoms with Crippen molar-refractivity contribution in [2.75, 3.05) is 27.4 Å². The van der Waals surface area contributed by atoms with Gasteiger partial charge in [0, 0.05) is 41.8 Å². The fraction of sp³-hybridized carbons (Fsp3) is 0.510. The van der Waals surface area contributed by atoms with Crippen LogP contribution in [0.2, 0.25) is 0 Å². The summed E-state index contributed by atoms with van der Waals surface area (Å²) < 4.78 is 22.1. The van der Waals surface area contributed by atoms with Crippen LogP contribution in [-0.4, -0.2) is 107 Å². The summed E-state index contributed by atoms with van der Waals surface area (Å²) in [7, 11) is 2.61. The molecule has 5 aliphatic rings. The first kappa shape index (κ1) is 43.3. The molecular formula is C49H59N7O8. The van der Waals surface area contributed by atoms with E-state index >= 15 is 0 Å². The van der Waals surface area contributed by atoms with Crippen LogP contribution in [0.5, 0.6) is 5.75 Å². The van der Waals surface area contributed by atoms with E-state index < -0.39 is 29.7 Å². The number of carbonyl (C=O) groups is 4. The molecule has 4 aromatic rings. The fourth-order valence-corrected chi connectivity index (χ4v) is 10.8. The number of nitrogens with zero attached hydrogens (tertiary/aromatic N) is 4. The van der Waals surface area contributed by atoms with Crippen LogP contribution in [0.25, 0.3) is 33.2 Å². The van der Waals surface area contributed by atoms with Gasteiger partial charge in [0.1, 0.15) is 30.3 Å². The molecule has 5 aliphatic heterocycles. The van der Waals surface area contributed by atoms with E-state index in [1.807, 2.05) is 43.7 Å². The number of aromatic amines is 1. The van der Waals surface area contributed by atoms with Crippen molar-refractivity contribution in [3.63, 3.8) is 0 Å². The number of fused-ring (bicyclic) bond motifs is 6. The van der Waals surface area contributed by atoms with E-state index in [1.165, 1.54) is 14.2 Å². The molecule has 3 aromatic carbocycles. The van der Waals surface area contributed by atoms with E-state index in [4.69, 9.17) is 28.9 Å². The lowest BCUT2D eigenvalue weighted by atomic mass is 9.76. The minimum Gasteiger partial charge on any atom is -0.488 e. The molecule has 3 saturated heterocycles. The van der Waals surface area contributed by atoms with Crippen molar-refractivity contribution in [1.29, 1.82) is 0 Å². The molecule has 6 heterocycles. The molecular weight excluding hydrogens is 815 g/mol. The van der Waals surface area contributed by atoms with Gasteiger partial charge in [0.15, 0.2) is 0 Å². The van der Waals surface area contributed by atoms with E-state index in [0.29, 0.717) is 32.1 Å². The van der Waals surface area contributed by atoms with Crippen molar-refractivity contribution in [2.24, 2.45) is 16.3 Å². The summed E-state index contributed by atoms with van der Waals surface area (Å²) in [5.41, 5.74) is 7.40. The second-order valence-electron chi connectivity index (χ2n) is 18.9. The monoisotopic (exact) mass is 873 g/mol. The zero-order valence-corrected chi connectivity index (χ0v) is 37.8. The Kier molecular flexibility index (Phi) is 11.6. The van der Waals surface area contributed by atoms with E-state index in [9.17, 15) is 19.2 Å². The fourth-order valence-electron chi connectivity index (χ4n) is 10.8. The van der Waals surface area contributed by atoms with E-state index in [2.05, 4.69) is 65.0 Å². The number of hydrogen-bond donors (Lipinski definition) is 3. The Morgan fingerprint density at radius 2 is 1.62 bits per heavy atom. The molecule has 3 N–H and O–H groups in total. The van der Waals surface area contributed by atoms with Gasteiger partial charge < -0.3 is 44.4 Å². The quantitative estimate of drug-likeness (QED) is 0.152. The average Bonchev–Trinajstić information content (AvgIpc) is 4.12. The molecule has 15 heteroatoms. The first-order chi connectivity index (χ1) is 30.8. The maximum atomic E-state index is 14.6. The molecule has 0 radical (unpaired) electrons. The molecule has 4 amide bonds. The second-order valence-corrected chi connectivity index (χ2v) is 18.9. The van der Waals surface area contributed by atoms with E-state index in [1.54, 1.807) is 0 Å². The number of aromatic nitrogens is 2. The van der Waals surface area contributed by atoms with Gasteiger partial charge in [-0.1, -0.05) is 39.0 Å². The summed E-state index contributed by atoms with van der Waals surface area (Å²) in [5.74, 6) is 1.12. The summed E-state index contributed by atoms with van der Waals surface area (Å²) in [6.07, 6.45) is 5.95. The number of imidazole rings is 1. The van der Waals surface area contributed by atoms with Crippen molar-refractivity contribution in [3.05, 3.63) is 65.6 Å². The van der Waals surface area contributed by atoms with Gasteiger partial charge in [-0.05, 0) is 116 Å². The van der Waals surface area contributed by atoms with E-state index in [0.717, 1.165) is 100.0 Å². The number of H-pyrrole nitrogens is 1. The summed E-state index contributed by atoms with van der Waals surface area (Å²) >= 11 is 0. The molecule has 64 heavy (non-hydrogen) atoms. The zero-order valence-electron chi connectivity index (χ0n) is 37.8. The average molecular weight is 874 g/mol. The maximum Gasteiger partial charge on any atom is 0.407 e. The summed E-state index contributed by atoms with van der Waals surface area (Å²) in [6, 6.07) is 12.9. The molecule has 0 bridgehead atoms. The highest BCUT2D eigenvalue weighted by Crippen LogP contribution is 2.46. The Bertz CT molecular complexity index is 2530. The van der Waals surface area contributed by atoms with Gasteiger partial charge in [-0.3, -0.25) is 14.6 Å². The Labute approximate surface area is 373 Å². The topological polar surface area (TPSA) is 177 Å². The largest absolute Gasteiger partial charge is 0.488 e. The zero-order chi connectivity index (χ0) is 45.0. The molecule has 0 aliphatic carbocycles.